The molecule has 102 valence electrons. The molecule has 0 saturated carbocycles. The normalized spacial score (nSPS) is 19.5. The molecule has 0 saturated heterocycles. The SMILES string of the molecule is CN(C)CCCN(C)CC1Cc2nc[nH]c2CN1. The smallest absolute Gasteiger partial charge is 0.0925 e. The predicted molar refractivity (Wildman–Crippen MR) is 73.6 cm³/mol. The summed E-state index contributed by atoms with van der Waals surface area (Å²) in [4.78, 5) is 12.2. The van der Waals surface area contributed by atoms with E-state index in [0.29, 0.717) is 6.04 Å². The van der Waals surface area contributed by atoms with Crippen LogP contribution in [0.2, 0.25) is 0 Å². The van der Waals surface area contributed by atoms with Gasteiger partial charge >= 0.3 is 0 Å². The Bertz CT molecular complexity index is 360. The van der Waals surface area contributed by atoms with Crippen LogP contribution in [0.1, 0.15) is 17.8 Å². The standard InChI is InChI=1S/C13H25N5/c1-17(2)5-4-6-18(3)9-11-7-12-13(8-14-11)16-10-15-12/h10-11,14H,4-9H2,1-3H3,(H,15,16). The van der Waals surface area contributed by atoms with Crippen molar-refractivity contribution in [2.45, 2.75) is 25.4 Å². The van der Waals surface area contributed by atoms with Crippen molar-refractivity contribution in [2.24, 2.45) is 0 Å². The van der Waals surface area contributed by atoms with E-state index in [1.54, 1.807) is 6.33 Å². The van der Waals surface area contributed by atoms with Crippen LogP contribution >= 0.6 is 0 Å². The maximum Gasteiger partial charge on any atom is 0.0925 e. The molecular formula is C13H25N5. The lowest BCUT2D eigenvalue weighted by molar-refractivity contribution is 0.262. The van der Waals surface area contributed by atoms with Gasteiger partial charge in [-0.05, 0) is 40.7 Å². The zero-order valence-electron chi connectivity index (χ0n) is 11.7. The predicted octanol–water partition coefficient (Wildman–Crippen LogP) is 0.308. The molecule has 2 N–H and O–H groups in total. The van der Waals surface area contributed by atoms with Gasteiger partial charge in [0.1, 0.15) is 0 Å². The third-order valence-corrected chi connectivity index (χ3v) is 3.49. The Kier molecular flexibility index (Phi) is 4.74. The Balaban J connectivity index is 1.71. The molecule has 1 aromatic rings. The van der Waals surface area contributed by atoms with Crippen molar-refractivity contribution in [3.05, 3.63) is 17.7 Å². The summed E-state index contributed by atoms with van der Waals surface area (Å²) in [5.74, 6) is 0. The Morgan fingerprint density at radius 1 is 1.33 bits per heavy atom. The molecule has 0 spiro atoms. The van der Waals surface area contributed by atoms with E-state index >= 15 is 0 Å². The maximum absolute atomic E-state index is 4.38. The summed E-state index contributed by atoms with van der Waals surface area (Å²) >= 11 is 0. The van der Waals surface area contributed by atoms with Crippen molar-refractivity contribution >= 4 is 0 Å². The molecule has 0 amide bonds. The number of aromatic amines is 1. The molecule has 5 heteroatoms. The van der Waals surface area contributed by atoms with Gasteiger partial charge in [-0.2, -0.15) is 0 Å². The fourth-order valence-corrected chi connectivity index (χ4v) is 2.48. The third kappa shape index (κ3) is 3.80. The van der Waals surface area contributed by atoms with Crippen LogP contribution in [0.5, 0.6) is 0 Å². The number of hydrogen-bond acceptors (Lipinski definition) is 4. The minimum atomic E-state index is 0.533. The Morgan fingerprint density at radius 3 is 2.94 bits per heavy atom. The topological polar surface area (TPSA) is 47.2 Å². The molecule has 18 heavy (non-hydrogen) atoms. The van der Waals surface area contributed by atoms with E-state index in [2.05, 4.69) is 46.2 Å². The largest absolute Gasteiger partial charge is 0.347 e. The number of nitrogens with zero attached hydrogens (tertiary/aromatic N) is 3. The molecule has 0 radical (unpaired) electrons. The second kappa shape index (κ2) is 6.31. The van der Waals surface area contributed by atoms with Gasteiger partial charge in [0.15, 0.2) is 0 Å². The summed E-state index contributed by atoms with van der Waals surface area (Å²) in [6.45, 7) is 4.33. The summed E-state index contributed by atoms with van der Waals surface area (Å²) < 4.78 is 0. The Morgan fingerprint density at radius 2 is 2.17 bits per heavy atom. The van der Waals surface area contributed by atoms with Gasteiger partial charge in [-0.15, -0.1) is 0 Å². The summed E-state index contributed by atoms with van der Waals surface area (Å²) in [6, 6.07) is 0.533. The fourth-order valence-electron chi connectivity index (χ4n) is 2.48. The first-order chi connectivity index (χ1) is 8.65. The van der Waals surface area contributed by atoms with Crippen molar-refractivity contribution in [1.82, 2.24) is 25.1 Å². The Labute approximate surface area is 110 Å². The zero-order valence-corrected chi connectivity index (χ0v) is 11.7. The summed E-state index contributed by atoms with van der Waals surface area (Å²) in [5, 5.41) is 3.57. The Hall–Kier alpha value is -0.910. The van der Waals surface area contributed by atoms with Gasteiger partial charge in [-0.25, -0.2) is 4.98 Å². The number of nitrogens with one attached hydrogen (secondary N) is 2. The van der Waals surface area contributed by atoms with Gasteiger partial charge in [0.2, 0.25) is 0 Å². The van der Waals surface area contributed by atoms with Crippen LogP contribution in [0, 0.1) is 0 Å². The van der Waals surface area contributed by atoms with Gasteiger partial charge in [0, 0.05) is 25.6 Å². The number of H-pyrrole nitrogens is 1. The molecule has 2 heterocycles. The third-order valence-electron chi connectivity index (χ3n) is 3.49. The van der Waals surface area contributed by atoms with E-state index in [1.165, 1.54) is 17.8 Å². The molecule has 2 rings (SSSR count). The van der Waals surface area contributed by atoms with Crippen LogP contribution in [0.15, 0.2) is 6.33 Å². The molecule has 0 bridgehead atoms. The molecular weight excluding hydrogens is 226 g/mol. The minimum absolute atomic E-state index is 0.533. The van der Waals surface area contributed by atoms with Crippen LogP contribution in [0.3, 0.4) is 0 Å². The first-order valence-electron chi connectivity index (χ1n) is 6.73. The van der Waals surface area contributed by atoms with E-state index in [-0.39, 0.29) is 0 Å². The summed E-state index contributed by atoms with van der Waals surface area (Å²) in [5.41, 5.74) is 2.49. The molecule has 0 fully saturated rings. The van der Waals surface area contributed by atoms with E-state index in [9.17, 15) is 0 Å². The number of hydrogen-bond donors (Lipinski definition) is 2. The quantitative estimate of drug-likeness (QED) is 0.764. The molecule has 5 nitrogen and oxygen atoms in total. The number of rotatable bonds is 6. The van der Waals surface area contributed by atoms with Crippen LogP contribution in [-0.4, -0.2) is 66.6 Å². The van der Waals surface area contributed by atoms with Gasteiger partial charge in [-0.1, -0.05) is 0 Å². The van der Waals surface area contributed by atoms with Gasteiger partial charge in [0.05, 0.1) is 17.7 Å². The minimum Gasteiger partial charge on any atom is -0.347 e. The molecule has 0 aromatic carbocycles. The number of fused-ring (bicyclic) bond motifs is 1. The van der Waals surface area contributed by atoms with E-state index < -0.39 is 0 Å². The molecule has 1 aromatic heterocycles. The van der Waals surface area contributed by atoms with E-state index in [0.717, 1.165) is 32.6 Å². The summed E-state index contributed by atoms with van der Waals surface area (Å²) in [7, 11) is 6.46. The molecule has 1 aliphatic heterocycles. The van der Waals surface area contributed by atoms with Crippen molar-refractivity contribution in [2.75, 3.05) is 40.8 Å². The van der Waals surface area contributed by atoms with Gasteiger partial charge in [0.25, 0.3) is 0 Å². The first-order valence-corrected chi connectivity index (χ1v) is 6.73. The molecule has 1 atom stereocenters. The average Bonchev–Trinajstić information content (AvgIpc) is 2.75. The van der Waals surface area contributed by atoms with Crippen LogP contribution in [0.25, 0.3) is 0 Å². The maximum atomic E-state index is 4.38. The van der Waals surface area contributed by atoms with Crippen molar-refractivity contribution in [3.63, 3.8) is 0 Å². The summed E-state index contributed by atoms with van der Waals surface area (Å²) in [6.07, 6.45) is 4.07. The highest BCUT2D eigenvalue weighted by molar-refractivity contribution is 5.15. The highest BCUT2D eigenvalue weighted by Gasteiger charge is 2.20. The van der Waals surface area contributed by atoms with Crippen molar-refractivity contribution < 1.29 is 0 Å². The molecule has 1 unspecified atom stereocenters. The van der Waals surface area contributed by atoms with Crippen molar-refractivity contribution in [1.29, 1.82) is 0 Å². The highest BCUT2D eigenvalue weighted by Crippen LogP contribution is 2.12. The second-order valence-electron chi connectivity index (χ2n) is 5.53. The zero-order chi connectivity index (χ0) is 13.0. The lowest BCUT2D eigenvalue weighted by Gasteiger charge is -2.28. The molecule has 0 aliphatic carbocycles. The van der Waals surface area contributed by atoms with Crippen molar-refractivity contribution in [3.8, 4) is 0 Å². The average molecular weight is 251 g/mol. The van der Waals surface area contributed by atoms with Crippen LogP contribution in [0.4, 0.5) is 0 Å². The highest BCUT2D eigenvalue weighted by atomic mass is 15.1. The van der Waals surface area contributed by atoms with E-state index in [4.69, 9.17) is 0 Å². The van der Waals surface area contributed by atoms with Crippen LogP contribution < -0.4 is 5.32 Å². The fraction of sp³-hybridized carbons (Fsp3) is 0.769. The lowest BCUT2D eigenvalue weighted by atomic mass is 10.1. The number of imidazole rings is 1. The van der Waals surface area contributed by atoms with Gasteiger partial charge in [-0.3, -0.25) is 0 Å². The number of likely N-dealkylation sites (N-methyl/N-ethyl adjacent to an activating group) is 1. The van der Waals surface area contributed by atoms with E-state index in [1.807, 2.05) is 0 Å². The monoisotopic (exact) mass is 251 g/mol. The number of aromatic nitrogens is 2. The van der Waals surface area contributed by atoms with Crippen LogP contribution in [-0.2, 0) is 13.0 Å². The van der Waals surface area contributed by atoms with Gasteiger partial charge < -0.3 is 20.1 Å². The second-order valence-corrected chi connectivity index (χ2v) is 5.53. The first kappa shape index (κ1) is 13.5. The lowest BCUT2D eigenvalue weighted by Crippen LogP contribution is -2.44. The molecule has 1 aliphatic rings.